The molecule has 0 aliphatic heterocycles. The van der Waals surface area contributed by atoms with Crippen LogP contribution in [0.3, 0.4) is 0 Å². The molecule has 0 aliphatic carbocycles. The SMILES string of the molecule is CC(C)(c1ccc(Oc2ccc(S(=O)(=O)Cl)cc2)cc1)c1ccc(Oc2ccc(S(=O)(=O)Cl)cc2)cc1. The minimum absolute atomic E-state index is 0.00900. The highest BCUT2D eigenvalue weighted by atomic mass is 35.7. The van der Waals surface area contributed by atoms with Crippen LogP contribution >= 0.6 is 21.4 Å². The lowest BCUT2D eigenvalue weighted by molar-refractivity contribution is 0.480. The number of hydrogen-bond acceptors (Lipinski definition) is 6. The lowest BCUT2D eigenvalue weighted by Crippen LogP contribution is -2.18. The van der Waals surface area contributed by atoms with Gasteiger partial charge in [-0.3, -0.25) is 0 Å². The number of benzene rings is 4. The van der Waals surface area contributed by atoms with E-state index in [1.165, 1.54) is 24.3 Å². The van der Waals surface area contributed by atoms with Gasteiger partial charge in [-0.15, -0.1) is 0 Å². The van der Waals surface area contributed by atoms with Gasteiger partial charge in [0.2, 0.25) is 0 Å². The first kappa shape index (κ1) is 27.0. The zero-order chi connectivity index (χ0) is 26.8. The first-order chi connectivity index (χ1) is 17.3. The molecule has 0 aliphatic rings. The molecule has 0 saturated carbocycles. The normalized spacial score (nSPS) is 12.2. The van der Waals surface area contributed by atoms with Gasteiger partial charge in [0, 0.05) is 26.8 Å². The van der Waals surface area contributed by atoms with Gasteiger partial charge in [0.05, 0.1) is 9.79 Å². The lowest BCUT2D eigenvalue weighted by Gasteiger charge is -2.26. The molecule has 0 unspecified atom stereocenters. The van der Waals surface area contributed by atoms with Crippen molar-refractivity contribution in [2.45, 2.75) is 29.1 Å². The van der Waals surface area contributed by atoms with E-state index >= 15 is 0 Å². The second kappa shape index (κ2) is 10.4. The Kier molecular flexibility index (Phi) is 7.57. The topological polar surface area (TPSA) is 86.7 Å². The summed E-state index contributed by atoms with van der Waals surface area (Å²) >= 11 is 0. The summed E-state index contributed by atoms with van der Waals surface area (Å²) in [5, 5.41) is 0. The van der Waals surface area contributed by atoms with E-state index in [0.29, 0.717) is 23.0 Å². The van der Waals surface area contributed by atoms with Crippen molar-refractivity contribution in [2.24, 2.45) is 0 Å². The van der Waals surface area contributed by atoms with Crippen LogP contribution in [0.5, 0.6) is 23.0 Å². The van der Waals surface area contributed by atoms with E-state index in [0.717, 1.165) is 11.1 Å². The molecule has 37 heavy (non-hydrogen) atoms. The maximum absolute atomic E-state index is 11.4. The van der Waals surface area contributed by atoms with Crippen molar-refractivity contribution in [1.29, 1.82) is 0 Å². The molecule has 0 spiro atoms. The van der Waals surface area contributed by atoms with Crippen LogP contribution in [0, 0.1) is 0 Å². The van der Waals surface area contributed by atoms with Crippen LogP contribution in [-0.2, 0) is 23.5 Å². The third kappa shape index (κ3) is 6.64. The predicted octanol–water partition coefficient (Wildman–Crippen LogP) is 7.45. The van der Waals surface area contributed by atoms with E-state index in [4.69, 9.17) is 30.8 Å². The van der Waals surface area contributed by atoms with Crippen molar-refractivity contribution in [2.75, 3.05) is 0 Å². The van der Waals surface area contributed by atoms with E-state index in [9.17, 15) is 16.8 Å². The Bertz CT molecular complexity index is 1470. The minimum Gasteiger partial charge on any atom is -0.457 e. The zero-order valence-electron chi connectivity index (χ0n) is 19.8. The number of ether oxygens (including phenoxy) is 2. The summed E-state index contributed by atoms with van der Waals surface area (Å²) in [4.78, 5) is 0.0180. The highest BCUT2D eigenvalue weighted by molar-refractivity contribution is 8.14. The molecule has 6 nitrogen and oxygen atoms in total. The minimum atomic E-state index is -3.78. The van der Waals surface area contributed by atoms with Gasteiger partial charge in [0.15, 0.2) is 0 Å². The quantitative estimate of drug-likeness (QED) is 0.202. The van der Waals surface area contributed by atoms with E-state index in [2.05, 4.69) is 13.8 Å². The summed E-state index contributed by atoms with van der Waals surface area (Å²) in [6, 6.07) is 27.1. The smallest absolute Gasteiger partial charge is 0.261 e. The first-order valence-electron chi connectivity index (χ1n) is 11.0. The number of rotatable bonds is 8. The maximum Gasteiger partial charge on any atom is 0.261 e. The average Bonchev–Trinajstić information content (AvgIpc) is 2.84. The fourth-order valence-corrected chi connectivity index (χ4v) is 5.20. The second-order valence-corrected chi connectivity index (χ2v) is 13.8. The molecule has 4 aromatic carbocycles. The van der Waals surface area contributed by atoms with Crippen molar-refractivity contribution in [1.82, 2.24) is 0 Å². The molecule has 0 aromatic heterocycles. The van der Waals surface area contributed by atoms with Crippen molar-refractivity contribution in [3.05, 3.63) is 108 Å². The van der Waals surface area contributed by atoms with Crippen LogP contribution in [0.15, 0.2) is 107 Å². The Morgan fingerprint density at radius 2 is 0.730 bits per heavy atom. The van der Waals surface area contributed by atoms with E-state index in [1.54, 1.807) is 24.3 Å². The molecular weight excluding hydrogens is 555 g/mol. The van der Waals surface area contributed by atoms with Gasteiger partial charge >= 0.3 is 0 Å². The van der Waals surface area contributed by atoms with Gasteiger partial charge in [-0.2, -0.15) is 0 Å². The molecule has 4 aromatic rings. The summed E-state index contributed by atoms with van der Waals surface area (Å²) in [5.74, 6) is 2.20. The molecule has 10 heteroatoms. The fourth-order valence-electron chi connectivity index (χ4n) is 3.66. The molecule has 0 amide bonds. The average molecular weight is 578 g/mol. The molecule has 0 atom stereocenters. The third-order valence-corrected chi connectivity index (χ3v) is 8.57. The highest BCUT2D eigenvalue weighted by Crippen LogP contribution is 2.35. The Morgan fingerprint density at radius 1 is 0.486 bits per heavy atom. The Hall–Kier alpha value is -3.04. The summed E-state index contributed by atoms with van der Waals surface area (Å²) in [6.45, 7) is 4.21. The Morgan fingerprint density at radius 3 is 0.973 bits per heavy atom. The fraction of sp³-hybridized carbons (Fsp3) is 0.111. The van der Waals surface area contributed by atoms with Gasteiger partial charge in [-0.25, -0.2) is 16.8 Å². The summed E-state index contributed by atoms with van der Waals surface area (Å²) in [7, 11) is 3.13. The predicted molar refractivity (Wildman–Crippen MR) is 144 cm³/mol. The third-order valence-electron chi connectivity index (χ3n) is 5.83. The molecule has 192 valence electrons. The molecule has 0 fully saturated rings. The van der Waals surface area contributed by atoms with Crippen LogP contribution in [0.2, 0.25) is 0 Å². The molecule has 0 heterocycles. The molecule has 0 saturated heterocycles. The standard InChI is InChI=1S/C27H22Cl2O6S2/c1-27(2,19-3-7-21(8-4-19)34-23-11-15-25(16-12-23)36(28,30)31)20-5-9-22(10-6-20)35-24-13-17-26(18-14-24)37(29,32)33/h3-18H,1-2H3. The lowest BCUT2D eigenvalue weighted by atomic mass is 9.78. The van der Waals surface area contributed by atoms with Crippen LogP contribution in [0.4, 0.5) is 0 Å². The Balaban J connectivity index is 1.44. The van der Waals surface area contributed by atoms with Crippen LogP contribution in [0.1, 0.15) is 25.0 Å². The van der Waals surface area contributed by atoms with Gasteiger partial charge in [0.25, 0.3) is 18.1 Å². The summed E-state index contributed by atoms with van der Waals surface area (Å²) in [6.07, 6.45) is 0. The number of hydrogen-bond donors (Lipinski definition) is 0. The largest absolute Gasteiger partial charge is 0.457 e. The molecule has 0 N–H and O–H groups in total. The first-order valence-corrected chi connectivity index (χ1v) is 15.6. The molecule has 0 bridgehead atoms. The zero-order valence-corrected chi connectivity index (χ0v) is 22.9. The van der Waals surface area contributed by atoms with E-state index in [1.807, 2.05) is 48.5 Å². The van der Waals surface area contributed by atoms with Gasteiger partial charge in [-0.1, -0.05) is 38.1 Å². The highest BCUT2D eigenvalue weighted by Gasteiger charge is 2.23. The van der Waals surface area contributed by atoms with Crippen molar-refractivity contribution in [3.8, 4) is 23.0 Å². The molecule has 4 rings (SSSR count). The van der Waals surface area contributed by atoms with Crippen molar-refractivity contribution in [3.63, 3.8) is 0 Å². The van der Waals surface area contributed by atoms with Crippen LogP contribution in [0.25, 0.3) is 0 Å². The van der Waals surface area contributed by atoms with Crippen LogP contribution in [-0.4, -0.2) is 16.8 Å². The summed E-state index contributed by atoms with van der Waals surface area (Å²) in [5.41, 5.74) is 1.81. The van der Waals surface area contributed by atoms with Crippen molar-refractivity contribution < 1.29 is 26.3 Å². The van der Waals surface area contributed by atoms with Gasteiger partial charge in [0.1, 0.15) is 23.0 Å². The maximum atomic E-state index is 11.4. The second-order valence-electron chi connectivity index (χ2n) is 8.70. The van der Waals surface area contributed by atoms with Gasteiger partial charge in [-0.05, 0) is 83.9 Å². The Labute approximate surface area is 225 Å². The van der Waals surface area contributed by atoms with Crippen molar-refractivity contribution >= 4 is 39.5 Å². The van der Waals surface area contributed by atoms with E-state index in [-0.39, 0.29) is 15.2 Å². The number of halogens is 2. The van der Waals surface area contributed by atoms with Crippen LogP contribution < -0.4 is 9.47 Å². The van der Waals surface area contributed by atoms with Gasteiger partial charge < -0.3 is 9.47 Å². The molecular formula is C27H22Cl2O6S2. The van der Waals surface area contributed by atoms with E-state index < -0.39 is 18.1 Å². The molecule has 0 radical (unpaired) electrons. The monoisotopic (exact) mass is 576 g/mol. The summed E-state index contributed by atoms with van der Waals surface area (Å²) < 4.78 is 57.2.